The topological polar surface area (TPSA) is 55.6 Å². The number of nitrogens with one attached hydrogen (secondary N) is 1. The molecule has 0 atom stereocenters. The molecule has 0 saturated heterocycles. The Bertz CT molecular complexity index is 687. The molecule has 2 aromatic rings. The van der Waals surface area contributed by atoms with E-state index in [0.717, 1.165) is 17.0 Å². The van der Waals surface area contributed by atoms with E-state index in [1.54, 1.807) is 37.6 Å². The predicted octanol–water partition coefficient (Wildman–Crippen LogP) is 2.41. The lowest BCUT2D eigenvalue weighted by atomic mass is 10.2. The molecule has 1 N–H and O–H groups in total. The van der Waals surface area contributed by atoms with Crippen LogP contribution >= 0.6 is 0 Å². The molecule has 1 aromatic carbocycles. The summed E-state index contributed by atoms with van der Waals surface area (Å²) in [6.45, 7) is 4.04. The molecular weight excluding hydrogens is 266 g/mol. The van der Waals surface area contributed by atoms with Crippen LogP contribution in [0.4, 0.5) is 0 Å². The maximum Gasteiger partial charge on any atom is 0.271 e. The highest BCUT2D eigenvalue weighted by atomic mass is 16.5. The number of benzene rings is 1. The quantitative estimate of drug-likeness (QED) is 0.693. The molecule has 0 aliphatic heterocycles. The first-order valence-electron chi connectivity index (χ1n) is 6.63. The molecule has 0 saturated carbocycles. The third-order valence-electron chi connectivity index (χ3n) is 3.52. The third kappa shape index (κ3) is 3.31. The molecule has 0 radical (unpaired) electrons. The van der Waals surface area contributed by atoms with E-state index in [1.165, 1.54) is 0 Å². The van der Waals surface area contributed by atoms with Crippen molar-refractivity contribution in [1.29, 1.82) is 0 Å². The van der Waals surface area contributed by atoms with Gasteiger partial charge in [0.25, 0.3) is 5.91 Å². The van der Waals surface area contributed by atoms with Crippen molar-refractivity contribution in [1.82, 2.24) is 9.99 Å². The van der Waals surface area contributed by atoms with Gasteiger partial charge < -0.3 is 9.30 Å². The molecule has 0 spiro atoms. The van der Waals surface area contributed by atoms with Crippen molar-refractivity contribution in [2.45, 2.75) is 13.8 Å². The minimum absolute atomic E-state index is 0.268. The van der Waals surface area contributed by atoms with Gasteiger partial charge in [-0.1, -0.05) is 6.07 Å². The highest BCUT2D eigenvalue weighted by Crippen LogP contribution is 2.12. The van der Waals surface area contributed by atoms with Crippen LogP contribution in [0.15, 0.2) is 35.4 Å². The summed E-state index contributed by atoms with van der Waals surface area (Å²) in [6.07, 6.45) is 1.65. The molecule has 1 aromatic heterocycles. The van der Waals surface area contributed by atoms with Gasteiger partial charge in [0.2, 0.25) is 0 Å². The minimum Gasteiger partial charge on any atom is -0.497 e. The number of carbonyl (C=O) groups excluding carboxylic acids is 1. The van der Waals surface area contributed by atoms with Crippen LogP contribution in [0.25, 0.3) is 0 Å². The Morgan fingerprint density at radius 2 is 2.10 bits per heavy atom. The first kappa shape index (κ1) is 14.8. The van der Waals surface area contributed by atoms with E-state index in [9.17, 15) is 4.79 Å². The molecule has 1 amide bonds. The third-order valence-corrected chi connectivity index (χ3v) is 3.52. The average Bonchev–Trinajstić information content (AvgIpc) is 2.74. The molecular formula is C16H19N3O2. The largest absolute Gasteiger partial charge is 0.497 e. The van der Waals surface area contributed by atoms with Gasteiger partial charge in [0.1, 0.15) is 5.75 Å². The first-order chi connectivity index (χ1) is 10.0. The van der Waals surface area contributed by atoms with E-state index in [2.05, 4.69) is 15.1 Å². The Labute approximate surface area is 124 Å². The van der Waals surface area contributed by atoms with Gasteiger partial charge in [-0.15, -0.1) is 0 Å². The van der Waals surface area contributed by atoms with Crippen LogP contribution in [0.3, 0.4) is 0 Å². The predicted molar refractivity (Wildman–Crippen MR) is 82.9 cm³/mol. The number of methoxy groups -OCH3 is 1. The van der Waals surface area contributed by atoms with Crippen molar-refractivity contribution in [3.63, 3.8) is 0 Å². The van der Waals surface area contributed by atoms with Crippen molar-refractivity contribution < 1.29 is 9.53 Å². The molecule has 0 aliphatic rings. The fourth-order valence-electron chi connectivity index (χ4n) is 2.00. The van der Waals surface area contributed by atoms with Gasteiger partial charge >= 0.3 is 0 Å². The lowest BCUT2D eigenvalue weighted by molar-refractivity contribution is 0.0955. The van der Waals surface area contributed by atoms with Gasteiger partial charge in [0.15, 0.2) is 0 Å². The number of aryl methyl sites for hydroxylation is 1. The lowest BCUT2D eigenvalue weighted by Crippen LogP contribution is -2.17. The number of carbonyl (C=O) groups is 1. The van der Waals surface area contributed by atoms with Crippen LogP contribution in [0.5, 0.6) is 5.75 Å². The molecule has 1 heterocycles. The molecule has 110 valence electrons. The number of ether oxygens (including phenoxy) is 1. The summed E-state index contributed by atoms with van der Waals surface area (Å²) < 4.78 is 7.16. The summed E-state index contributed by atoms with van der Waals surface area (Å²) in [4.78, 5) is 12.0. The van der Waals surface area contributed by atoms with Crippen molar-refractivity contribution in [3.05, 3.63) is 52.8 Å². The minimum atomic E-state index is -0.268. The van der Waals surface area contributed by atoms with E-state index in [-0.39, 0.29) is 5.91 Å². The van der Waals surface area contributed by atoms with Crippen molar-refractivity contribution in [2.75, 3.05) is 7.11 Å². The smallest absolute Gasteiger partial charge is 0.271 e. The fraction of sp³-hybridized carbons (Fsp3) is 0.250. The van der Waals surface area contributed by atoms with Crippen LogP contribution in [-0.4, -0.2) is 23.8 Å². The van der Waals surface area contributed by atoms with E-state index in [0.29, 0.717) is 11.3 Å². The number of hydrogen-bond acceptors (Lipinski definition) is 3. The molecule has 0 unspecified atom stereocenters. The van der Waals surface area contributed by atoms with Gasteiger partial charge in [-0.05, 0) is 38.1 Å². The second kappa shape index (κ2) is 6.26. The second-order valence-corrected chi connectivity index (χ2v) is 4.82. The van der Waals surface area contributed by atoms with Crippen molar-refractivity contribution >= 4 is 12.1 Å². The normalized spacial score (nSPS) is 10.9. The SMILES string of the molecule is COc1cccc(C(=O)N/N=C\c2cc(C)n(C)c2C)c1. The van der Waals surface area contributed by atoms with Crippen molar-refractivity contribution in [3.8, 4) is 5.75 Å². The van der Waals surface area contributed by atoms with Gasteiger partial charge in [0.05, 0.1) is 13.3 Å². The summed E-state index contributed by atoms with van der Waals surface area (Å²) in [5.74, 6) is 0.372. The van der Waals surface area contributed by atoms with Crippen LogP contribution in [0.2, 0.25) is 0 Å². The average molecular weight is 285 g/mol. The summed E-state index contributed by atoms with van der Waals surface area (Å²) in [6, 6.07) is 8.96. The highest BCUT2D eigenvalue weighted by molar-refractivity contribution is 5.95. The molecule has 0 aliphatic carbocycles. The summed E-state index contributed by atoms with van der Waals surface area (Å²) in [5, 5.41) is 4.01. The van der Waals surface area contributed by atoms with E-state index in [4.69, 9.17) is 4.74 Å². The number of hydrazone groups is 1. The van der Waals surface area contributed by atoms with Gasteiger partial charge in [-0.3, -0.25) is 4.79 Å². The van der Waals surface area contributed by atoms with Crippen LogP contribution in [0.1, 0.15) is 27.3 Å². The molecule has 2 rings (SSSR count). The van der Waals surface area contributed by atoms with Gasteiger partial charge in [-0.2, -0.15) is 5.10 Å². The van der Waals surface area contributed by atoms with Gasteiger partial charge in [-0.25, -0.2) is 5.43 Å². The first-order valence-corrected chi connectivity index (χ1v) is 6.63. The maximum absolute atomic E-state index is 12.0. The zero-order valence-electron chi connectivity index (χ0n) is 12.7. The van der Waals surface area contributed by atoms with E-state index in [1.807, 2.05) is 27.0 Å². The highest BCUT2D eigenvalue weighted by Gasteiger charge is 2.06. The standard InChI is InChI=1S/C16H19N3O2/c1-11-8-14(12(2)19(11)3)10-17-18-16(20)13-6-5-7-15(9-13)21-4/h5-10H,1-4H3,(H,18,20)/b17-10-. The number of amides is 1. The molecule has 5 heteroatoms. The lowest BCUT2D eigenvalue weighted by Gasteiger charge is -2.03. The second-order valence-electron chi connectivity index (χ2n) is 4.82. The Morgan fingerprint density at radius 1 is 1.33 bits per heavy atom. The van der Waals surface area contributed by atoms with Gasteiger partial charge in [0, 0.05) is 29.6 Å². The Kier molecular flexibility index (Phi) is 4.42. The summed E-state index contributed by atoms with van der Waals surface area (Å²) >= 11 is 0. The molecule has 0 fully saturated rings. The van der Waals surface area contributed by atoms with Crippen LogP contribution < -0.4 is 10.2 Å². The van der Waals surface area contributed by atoms with Crippen molar-refractivity contribution in [2.24, 2.45) is 12.1 Å². The molecule has 21 heavy (non-hydrogen) atoms. The fourth-order valence-corrected chi connectivity index (χ4v) is 2.00. The summed E-state index contributed by atoms with van der Waals surface area (Å²) in [7, 11) is 3.56. The Balaban J connectivity index is 2.06. The van der Waals surface area contributed by atoms with E-state index < -0.39 is 0 Å². The number of hydrogen-bond donors (Lipinski definition) is 1. The Hall–Kier alpha value is -2.56. The van der Waals surface area contributed by atoms with Crippen LogP contribution in [-0.2, 0) is 7.05 Å². The molecule has 0 bridgehead atoms. The monoisotopic (exact) mass is 285 g/mol. The zero-order chi connectivity index (χ0) is 15.4. The maximum atomic E-state index is 12.0. The number of aromatic nitrogens is 1. The summed E-state index contributed by atoms with van der Waals surface area (Å²) in [5.41, 5.74) is 6.26. The number of nitrogens with zero attached hydrogens (tertiary/aromatic N) is 2. The Morgan fingerprint density at radius 3 is 2.71 bits per heavy atom. The van der Waals surface area contributed by atoms with E-state index >= 15 is 0 Å². The zero-order valence-corrected chi connectivity index (χ0v) is 12.7. The van der Waals surface area contributed by atoms with Crippen LogP contribution in [0, 0.1) is 13.8 Å². The number of rotatable bonds is 4. The molecule has 5 nitrogen and oxygen atoms in total.